The number of anilines is 1. The lowest BCUT2D eigenvalue weighted by atomic mass is 10.2. The van der Waals surface area contributed by atoms with Gasteiger partial charge in [0, 0.05) is 38.4 Å². The van der Waals surface area contributed by atoms with Crippen molar-refractivity contribution in [3.05, 3.63) is 30.3 Å². The van der Waals surface area contributed by atoms with Gasteiger partial charge in [-0.3, -0.25) is 9.59 Å². The highest BCUT2D eigenvalue weighted by molar-refractivity contribution is 5.96. The van der Waals surface area contributed by atoms with E-state index in [2.05, 4.69) is 22.3 Å². The maximum absolute atomic E-state index is 12.1. The van der Waals surface area contributed by atoms with Gasteiger partial charge in [0.1, 0.15) is 6.42 Å². The second kappa shape index (κ2) is 7.67. The fourth-order valence-electron chi connectivity index (χ4n) is 2.43. The Morgan fingerprint density at radius 3 is 2.38 bits per heavy atom. The van der Waals surface area contributed by atoms with Crippen molar-refractivity contribution < 1.29 is 9.59 Å². The minimum atomic E-state index is -0.174. The first-order valence-corrected chi connectivity index (χ1v) is 7.55. The van der Waals surface area contributed by atoms with E-state index in [4.69, 9.17) is 0 Å². The van der Waals surface area contributed by atoms with Crippen molar-refractivity contribution in [1.29, 1.82) is 0 Å². The van der Waals surface area contributed by atoms with Gasteiger partial charge in [-0.2, -0.15) is 0 Å². The van der Waals surface area contributed by atoms with Crippen LogP contribution >= 0.6 is 0 Å². The van der Waals surface area contributed by atoms with Crippen molar-refractivity contribution in [2.24, 2.45) is 0 Å². The number of amides is 2. The predicted molar refractivity (Wildman–Crippen MR) is 83.2 cm³/mol. The van der Waals surface area contributed by atoms with Crippen molar-refractivity contribution in [2.75, 3.05) is 37.6 Å². The molecule has 2 rings (SSSR count). The van der Waals surface area contributed by atoms with Gasteiger partial charge in [0.2, 0.25) is 11.8 Å². The van der Waals surface area contributed by atoms with Crippen molar-refractivity contribution in [3.8, 4) is 0 Å². The van der Waals surface area contributed by atoms with E-state index >= 15 is 0 Å². The van der Waals surface area contributed by atoms with Gasteiger partial charge in [0.15, 0.2) is 0 Å². The SMILES string of the molecule is CCCNC(=O)CC(=O)N1CCN(c2ccccc2)CC1. The predicted octanol–water partition coefficient (Wildman–Crippen LogP) is 1.25. The Balaban J connectivity index is 1.78. The number of benzene rings is 1. The molecule has 0 saturated carbocycles. The number of nitrogens with zero attached hydrogens (tertiary/aromatic N) is 2. The summed E-state index contributed by atoms with van der Waals surface area (Å²) in [4.78, 5) is 27.7. The van der Waals surface area contributed by atoms with Crippen LogP contribution in [0.4, 0.5) is 5.69 Å². The molecule has 0 spiro atoms. The molecule has 1 N–H and O–H groups in total. The number of piperazine rings is 1. The van der Waals surface area contributed by atoms with Gasteiger partial charge in [0.05, 0.1) is 0 Å². The van der Waals surface area contributed by atoms with Crippen LogP contribution in [0.2, 0.25) is 0 Å². The van der Waals surface area contributed by atoms with Gasteiger partial charge >= 0.3 is 0 Å². The Morgan fingerprint density at radius 1 is 1.10 bits per heavy atom. The number of carbonyl (C=O) groups excluding carboxylic acids is 2. The summed E-state index contributed by atoms with van der Waals surface area (Å²) < 4.78 is 0. The summed E-state index contributed by atoms with van der Waals surface area (Å²) >= 11 is 0. The van der Waals surface area contributed by atoms with E-state index in [1.807, 2.05) is 25.1 Å². The molecule has 5 heteroatoms. The van der Waals surface area contributed by atoms with Crippen LogP contribution in [0.25, 0.3) is 0 Å². The summed E-state index contributed by atoms with van der Waals surface area (Å²) in [5.74, 6) is -0.247. The van der Waals surface area contributed by atoms with Crippen LogP contribution in [0, 0.1) is 0 Å². The summed E-state index contributed by atoms with van der Waals surface area (Å²) in [6.07, 6.45) is 0.848. The second-order valence-electron chi connectivity index (χ2n) is 5.23. The summed E-state index contributed by atoms with van der Waals surface area (Å²) in [5.41, 5.74) is 1.19. The minimum absolute atomic E-state index is 0.0364. The monoisotopic (exact) mass is 289 g/mol. The Kier molecular flexibility index (Phi) is 5.60. The molecular weight excluding hydrogens is 266 g/mol. The zero-order valence-corrected chi connectivity index (χ0v) is 12.5. The highest BCUT2D eigenvalue weighted by Gasteiger charge is 2.22. The Morgan fingerprint density at radius 2 is 1.76 bits per heavy atom. The van der Waals surface area contributed by atoms with Crippen LogP contribution in [-0.4, -0.2) is 49.4 Å². The molecule has 0 aliphatic carbocycles. The van der Waals surface area contributed by atoms with Crippen LogP contribution in [0.5, 0.6) is 0 Å². The lowest BCUT2D eigenvalue weighted by Gasteiger charge is -2.36. The summed E-state index contributed by atoms with van der Waals surface area (Å²) in [5, 5.41) is 2.74. The maximum atomic E-state index is 12.1. The molecule has 0 atom stereocenters. The molecule has 1 aliphatic rings. The van der Waals surface area contributed by atoms with Crippen molar-refractivity contribution in [2.45, 2.75) is 19.8 Å². The fourth-order valence-corrected chi connectivity index (χ4v) is 2.43. The molecule has 1 heterocycles. The van der Waals surface area contributed by atoms with E-state index in [1.54, 1.807) is 4.90 Å². The first-order valence-electron chi connectivity index (χ1n) is 7.55. The number of hydrogen-bond donors (Lipinski definition) is 1. The third-order valence-electron chi connectivity index (χ3n) is 3.64. The molecule has 1 aliphatic heterocycles. The van der Waals surface area contributed by atoms with Gasteiger partial charge in [-0.25, -0.2) is 0 Å². The number of para-hydroxylation sites is 1. The van der Waals surface area contributed by atoms with Gasteiger partial charge in [-0.05, 0) is 18.6 Å². The number of nitrogens with one attached hydrogen (secondary N) is 1. The quantitative estimate of drug-likeness (QED) is 0.830. The van der Waals surface area contributed by atoms with Gasteiger partial charge in [-0.15, -0.1) is 0 Å². The highest BCUT2D eigenvalue weighted by atomic mass is 16.2. The smallest absolute Gasteiger partial charge is 0.232 e. The molecule has 2 amide bonds. The van der Waals surface area contributed by atoms with E-state index in [-0.39, 0.29) is 18.2 Å². The van der Waals surface area contributed by atoms with Crippen LogP contribution < -0.4 is 10.2 Å². The van der Waals surface area contributed by atoms with Crippen LogP contribution in [-0.2, 0) is 9.59 Å². The van der Waals surface area contributed by atoms with E-state index < -0.39 is 0 Å². The standard InChI is InChI=1S/C16H23N3O2/c1-2-8-17-15(20)13-16(21)19-11-9-18(10-12-19)14-6-4-3-5-7-14/h3-7H,2,8-13H2,1H3,(H,17,20). The Bertz CT molecular complexity index is 468. The molecule has 0 radical (unpaired) electrons. The summed E-state index contributed by atoms with van der Waals surface area (Å²) in [6, 6.07) is 10.2. The van der Waals surface area contributed by atoms with E-state index in [0.29, 0.717) is 19.6 Å². The third-order valence-corrected chi connectivity index (χ3v) is 3.64. The Labute approximate surface area is 125 Å². The van der Waals surface area contributed by atoms with E-state index in [9.17, 15) is 9.59 Å². The fraction of sp³-hybridized carbons (Fsp3) is 0.500. The number of hydrogen-bond acceptors (Lipinski definition) is 3. The van der Waals surface area contributed by atoms with Crippen LogP contribution in [0.1, 0.15) is 19.8 Å². The zero-order chi connectivity index (χ0) is 15.1. The zero-order valence-electron chi connectivity index (χ0n) is 12.5. The molecule has 114 valence electrons. The highest BCUT2D eigenvalue weighted by Crippen LogP contribution is 2.15. The third kappa shape index (κ3) is 4.48. The molecule has 5 nitrogen and oxygen atoms in total. The topological polar surface area (TPSA) is 52.7 Å². The molecule has 1 saturated heterocycles. The molecular formula is C16H23N3O2. The normalized spacial score (nSPS) is 14.9. The maximum Gasteiger partial charge on any atom is 0.232 e. The van der Waals surface area contributed by atoms with Crippen molar-refractivity contribution in [3.63, 3.8) is 0 Å². The molecule has 0 bridgehead atoms. The van der Waals surface area contributed by atoms with E-state index in [1.165, 1.54) is 5.69 Å². The molecule has 0 unspecified atom stereocenters. The molecule has 1 aromatic rings. The van der Waals surface area contributed by atoms with Crippen molar-refractivity contribution in [1.82, 2.24) is 10.2 Å². The van der Waals surface area contributed by atoms with Crippen LogP contribution in [0.15, 0.2) is 30.3 Å². The van der Waals surface area contributed by atoms with E-state index in [0.717, 1.165) is 19.5 Å². The lowest BCUT2D eigenvalue weighted by Crippen LogP contribution is -2.49. The largest absolute Gasteiger partial charge is 0.368 e. The molecule has 1 fully saturated rings. The first-order chi connectivity index (χ1) is 10.2. The average Bonchev–Trinajstić information content (AvgIpc) is 2.54. The number of carbonyl (C=O) groups is 2. The molecule has 0 aromatic heterocycles. The van der Waals surface area contributed by atoms with Gasteiger partial charge in [0.25, 0.3) is 0 Å². The molecule has 1 aromatic carbocycles. The Hall–Kier alpha value is -2.04. The number of rotatable bonds is 5. The van der Waals surface area contributed by atoms with Crippen molar-refractivity contribution >= 4 is 17.5 Å². The van der Waals surface area contributed by atoms with Gasteiger partial charge < -0.3 is 15.1 Å². The second-order valence-corrected chi connectivity index (χ2v) is 5.23. The lowest BCUT2D eigenvalue weighted by molar-refractivity contribution is -0.136. The summed E-state index contributed by atoms with van der Waals surface area (Å²) in [7, 11) is 0. The van der Waals surface area contributed by atoms with Crippen LogP contribution in [0.3, 0.4) is 0 Å². The minimum Gasteiger partial charge on any atom is -0.368 e. The average molecular weight is 289 g/mol. The first kappa shape index (κ1) is 15.4. The van der Waals surface area contributed by atoms with Gasteiger partial charge in [-0.1, -0.05) is 25.1 Å². The summed E-state index contributed by atoms with van der Waals surface area (Å²) in [6.45, 7) is 5.60. The molecule has 21 heavy (non-hydrogen) atoms.